The summed E-state index contributed by atoms with van der Waals surface area (Å²) >= 11 is 0. The molecule has 2 N–H and O–H groups in total. The van der Waals surface area contributed by atoms with Gasteiger partial charge in [-0.2, -0.15) is 8.42 Å². The molecule has 0 bridgehead atoms. The number of benzene rings is 4. The highest BCUT2D eigenvalue weighted by molar-refractivity contribution is 7.86. The molecule has 5 rings (SSSR count). The van der Waals surface area contributed by atoms with Crippen LogP contribution in [0.3, 0.4) is 0 Å². The summed E-state index contributed by atoms with van der Waals surface area (Å²) < 4.78 is 39.5. The lowest BCUT2D eigenvalue weighted by Crippen LogP contribution is -2.25. The summed E-state index contributed by atoms with van der Waals surface area (Å²) in [7, 11) is -0.562. The first kappa shape index (κ1) is 24.4. The molecule has 0 saturated carbocycles. The van der Waals surface area contributed by atoms with Crippen molar-refractivity contribution >= 4 is 16.0 Å². The quantitative estimate of drug-likeness (QED) is 0.358. The Kier molecular flexibility index (Phi) is 6.13. The maximum atomic E-state index is 11.8. The molecule has 1 atom stereocenters. The maximum absolute atomic E-state index is 11.8. The van der Waals surface area contributed by atoms with Crippen molar-refractivity contribution in [2.45, 2.75) is 5.54 Å². The minimum Gasteiger partial charge on any atom is -0.497 e. The number of nitrogens with zero attached hydrogens (tertiary/aromatic N) is 1. The molecule has 37 heavy (non-hydrogen) atoms. The topological polar surface area (TPSA) is 100 Å². The minimum absolute atomic E-state index is 0.167. The molecule has 0 fully saturated rings. The Morgan fingerprint density at radius 2 is 1.43 bits per heavy atom. The highest BCUT2D eigenvalue weighted by Gasteiger charge is 2.42. The largest absolute Gasteiger partial charge is 0.497 e. The first-order valence-corrected chi connectivity index (χ1v) is 13.3. The van der Waals surface area contributed by atoms with E-state index in [0.29, 0.717) is 11.6 Å². The van der Waals surface area contributed by atoms with Gasteiger partial charge in [-0.15, -0.1) is 0 Å². The molecule has 0 saturated heterocycles. The zero-order valence-corrected chi connectivity index (χ0v) is 21.5. The van der Waals surface area contributed by atoms with Crippen molar-refractivity contribution in [1.29, 1.82) is 0 Å². The average molecular weight is 515 g/mol. The highest BCUT2D eigenvalue weighted by Crippen LogP contribution is 2.47. The van der Waals surface area contributed by atoms with Crippen molar-refractivity contribution in [2.24, 2.45) is 10.7 Å². The Morgan fingerprint density at radius 3 is 2.14 bits per heavy atom. The molecule has 0 amide bonds. The second-order valence-corrected chi connectivity index (χ2v) is 10.3. The molecule has 1 unspecified atom stereocenters. The van der Waals surface area contributed by atoms with Crippen LogP contribution in [0.4, 0.5) is 0 Å². The summed E-state index contributed by atoms with van der Waals surface area (Å²) in [6, 6.07) is 28.7. The van der Waals surface area contributed by atoms with Crippen LogP contribution in [0.15, 0.2) is 96.0 Å². The highest BCUT2D eigenvalue weighted by atomic mass is 32.2. The van der Waals surface area contributed by atoms with Crippen LogP contribution in [0.25, 0.3) is 11.1 Å². The summed E-state index contributed by atoms with van der Waals surface area (Å²) in [5.41, 5.74) is 10.8. The standard InChI is InChI=1S/C29H26N2O5S/c1-34-23-13-11-21(12-14-23)29(27-10-5-4-9-26(27)28(30)31-29)22-8-6-7-19(15-22)20-16-24(35-2)18-25(17-20)36-37(3,32)33/h4-18H,1-3H3,(H2,30,31). The van der Waals surface area contributed by atoms with E-state index in [-0.39, 0.29) is 5.75 Å². The number of aliphatic imine (C=N–C) groups is 1. The van der Waals surface area contributed by atoms with E-state index in [1.165, 1.54) is 13.2 Å². The van der Waals surface area contributed by atoms with E-state index in [2.05, 4.69) is 0 Å². The van der Waals surface area contributed by atoms with E-state index in [0.717, 1.165) is 45.4 Å². The summed E-state index contributed by atoms with van der Waals surface area (Å²) in [5.74, 6) is 1.84. The Morgan fingerprint density at radius 1 is 0.730 bits per heavy atom. The number of amidine groups is 1. The summed E-state index contributed by atoms with van der Waals surface area (Å²) in [5, 5.41) is 0. The van der Waals surface area contributed by atoms with Crippen molar-refractivity contribution < 1.29 is 22.1 Å². The second kappa shape index (κ2) is 9.29. The molecule has 1 heterocycles. The Hall–Kier alpha value is -4.30. The minimum atomic E-state index is -3.71. The fourth-order valence-corrected chi connectivity index (χ4v) is 5.21. The first-order valence-electron chi connectivity index (χ1n) is 11.5. The van der Waals surface area contributed by atoms with Crippen molar-refractivity contribution in [3.63, 3.8) is 0 Å². The fourth-order valence-electron chi connectivity index (χ4n) is 4.77. The normalized spacial score (nSPS) is 16.6. The van der Waals surface area contributed by atoms with Gasteiger partial charge in [0.25, 0.3) is 0 Å². The molecular weight excluding hydrogens is 488 g/mol. The van der Waals surface area contributed by atoms with Gasteiger partial charge in [0.1, 0.15) is 28.6 Å². The van der Waals surface area contributed by atoms with Crippen LogP contribution in [0.2, 0.25) is 0 Å². The summed E-state index contributed by atoms with van der Waals surface area (Å²) in [6.07, 6.45) is 1.01. The molecule has 0 spiro atoms. The van der Waals surface area contributed by atoms with Crippen LogP contribution in [0.5, 0.6) is 17.2 Å². The number of hydrogen-bond donors (Lipinski definition) is 1. The second-order valence-electron chi connectivity index (χ2n) is 8.75. The molecule has 7 nitrogen and oxygen atoms in total. The lowest BCUT2D eigenvalue weighted by Gasteiger charge is -2.29. The lowest BCUT2D eigenvalue weighted by atomic mass is 9.77. The van der Waals surface area contributed by atoms with Crippen molar-refractivity contribution in [3.05, 3.63) is 113 Å². The van der Waals surface area contributed by atoms with Gasteiger partial charge in [0.15, 0.2) is 0 Å². The zero-order valence-electron chi connectivity index (χ0n) is 20.6. The molecule has 0 aliphatic carbocycles. The van der Waals surface area contributed by atoms with Gasteiger partial charge in [-0.05, 0) is 58.1 Å². The van der Waals surface area contributed by atoms with Gasteiger partial charge < -0.3 is 19.4 Å². The van der Waals surface area contributed by atoms with E-state index in [9.17, 15) is 8.42 Å². The number of methoxy groups -OCH3 is 2. The van der Waals surface area contributed by atoms with Crippen LogP contribution in [-0.2, 0) is 15.7 Å². The van der Waals surface area contributed by atoms with Gasteiger partial charge in [-0.3, -0.25) is 0 Å². The SMILES string of the molecule is COc1ccc(C2(c3cccc(-c4cc(OC)cc(OS(C)(=O)=O)c4)c3)N=C(N)c3ccccc32)cc1. The molecule has 188 valence electrons. The number of hydrogen-bond acceptors (Lipinski definition) is 7. The van der Waals surface area contributed by atoms with Crippen molar-refractivity contribution in [1.82, 2.24) is 0 Å². The summed E-state index contributed by atoms with van der Waals surface area (Å²) in [6.45, 7) is 0. The molecule has 4 aromatic carbocycles. The summed E-state index contributed by atoms with van der Waals surface area (Å²) in [4.78, 5) is 5.04. The third-order valence-corrected chi connectivity index (χ3v) is 6.86. The molecule has 4 aromatic rings. The Bertz CT molecular complexity index is 1610. The lowest BCUT2D eigenvalue weighted by molar-refractivity contribution is 0.412. The monoisotopic (exact) mass is 514 g/mol. The predicted octanol–water partition coefficient (Wildman–Crippen LogP) is 4.72. The molecule has 0 radical (unpaired) electrons. The van der Waals surface area contributed by atoms with Gasteiger partial charge in [-0.1, -0.05) is 54.6 Å². The van der Waals surface area contributed by atoms with Gasteiger partial charge >= 0.3 is 10.1 Å². The van der Waals surface area contributed by atoms with Crippen molar-refractivity contribution in [2.75, 3.05) is 20.5 Å². The number of ether oxygens (including phenoxy) is 2. The van der Waals surface area contributed by atoms with Crippen molar-refractivity contribution in [3.8, 4) is 28.4 Å². The van der Waals surface area contributed by atoms with Gasteiger partial charge in [0.2, 0.25) is 0 Å². The molecule has 1 aliphatic rings. The Balaban J connectivity index is 1.71. The van der Waals surface area contributed by atoms with E-state index < -0.39 is 15.7 Å². The fraction of sp³-hybridized carbons (Fsp3) is 0.138. The zero-order chi connectivity index (χ0) is 26.2. The third-order valence-electron chi connectivity index (χ3n) is 6.37. The number of rotatable bonds is 7. The molecule has 0 aromatic heterocycles. The Labute approximate surface area is 216 Å². The van der Waals surface area contributed by atoms with E-state index in [1.54, 1.807) is 13.2 Å². The van der Waals surface area contributed by atoms with Crippen LogP contribution >= 0.6 is 0 Å². The average Bonchev–Trinajstić information content (AvgIpc) is 3.21. The van der Waals surface area contributed by atoms with Gasteiger partial charge in [0.05, 0.1) is 20.5 Å². The van der Waals surface area contributed by atoms with E-state index in [4.69, 9.17) is 24.4 Å². The maximum Gasteiger partial charge on any atom is 0.306 e. The van der Waals surface area contributed by atoms with Gasteiger partial charge in [0, 0.05) is 11.6 Å². The van der Waals surface area contributed by atoms with Crippen LogP contribution in [0, 0.1) is 0 Å². The third kappa shape index (κ3) is 4.51. The number of nitrogens with two attached hydrogens (primary N) is 1. The molecular formula is C29H26N2O5S. The van der Waals surface area contributed by atoms with Gasteiger partial charge in [-0.25, -0.2) is 4.99 Å². The smallest absolute Gasteiger partial charge is 0.306 e. The van der Waals surface area contributed by atoms with E-state index in [1.807, 2.05) is 78.9 Å². The van der Waals surface area contributed by atoms with Crippen LogP contribution in [0.1, 0.15) is 22.3 Å². The van der Waals surface area contributed by atoms with E-state index >= 15 is 0 Å². The molecule has 8 heteroatoms. The molecule has 1 aliphatic heterocycles. The van der Waals surface area contributed by atoms with Crippen LogP contribution < -0.4 is 19.4 Å². The number of fused-ring (bicyclic) bond motifs is 1. The predicted molar refractivity (Wildman–Crippen MR) is 144 cm³/mol. The first-order chi connectivity index (χ1) is 17.7. The van der Waals surface area contributed by atoms with Crippen LogP contribution in [-0.4, -0.2) is 34.7 Å².